The van der Waals surface area contributed by atoms with Crippen molar-refractivity contribution < 1.29 is 28.6 Å². The third kappa shape index (κ3) is 5.58. The summed E-state index contributed by atoms with van der Waals surface area (Å²) in [5.74, 6) is -0.144. The van der Waals surface area contributed by atoms with Gasteiger partial charge in [-0.25, -0.2) is 14.6 Å². The number of carbonyl (C=O) groups is 3. The number of rotatable bonds is 9. The second-order valence-corrected chi connectivity index (χ2v) is 10.6. The van der Waals surface area contributed by atoms with Crippen LogP contribution in [-0.4, -0.2) is 47.6 Å². The molecule has 0 fully saturated rings. The molecule has 9 nitrogen and oxygen atoms in total. The minimum absolute atomic E-state index is 0.244. The zero-order valence-corrected chi connectivity index (χ0v) is 23.5. The number of aryl methyl sites for hydroxylation is 1. The van der Waals surface area contributed by atoms with Gasteiger partial charge in [0.25, 0.3) is 5.91 Å². The lowest BCUT2D eigenvalue weighted by atomic mass is 9.95. The minimum Gasteiger partial charge on any atom is -0.497 e. The van der Waals surface area contributed by atoms with Gasteiger partial charge in [0.2, 0.25) is 0 Å². The van der Waals surface area contributed by atoms with Crippen molar-refractivity contribution >= 4 is 45.2 Å². The Morgan fingerprint density at radius 2 is 1.82 bits per heavy atom. The van der Waals surface area contributed by atoms with E-state index in [0.29, 0.717) is 33.0 Å². The van der Waals surface area contributed by atoms with Gasteiger partial charge in [0.1, 0.15) is 16.6 Å². The minimum atomic E-state index is -1.03. The first kappa shape index (κ1) is 27.4. The molecule has 0 saturated heterocycles. The van der Waals surface area contributed by atoms with Crippen LogP contribution in [0.3, 0.4) is 0 Å². The van der Waals surface area contributed by atoms with Crippen LogP contribution in [0.25, 0.3) is 22.4 Å². The van der Waals surface area contributed by atoms with Crippen LogP contribution in [0.5, 0.6) is 5.75 Å². The van der Waals surface area contributed by atoms with E-state index in [1.807, 2.05) is 24.3 Å². The molecule has 0 aliphatic heterocycles. The molecule has 2 aromatic heterocycles. The molecule has 0 spiro atoms. The second kappa shape index (κ2) is 11.9. The fourth-order valence-corrected chi connectivity index (χ4v) is 6.09. The zero-order valence-electron chi connectivity index (χ0n) is 22.7. The van der Waals surface area contributed by atoms with Crippen molar-refractivity contribution in [2.24, 2.45) is 0 Å². The molecule has 2 aromatic carbocycles. The lowest BCUT2D eigenvalue weighted by molar-refractivity contribution is -0.124. The Bertz CT molecular complexity index is 1560. The number of aromatic amines is 1. The Labute approximate surface area is 235 Å². The molecule has 0 saturated carbocycles. The van der Waals surface area contributed by atoms with Crippen LogP contribution in [0.1, 0.15) is 64.3 Å². The Morgan fingerprint density at radius 3 is 2.55 bits per heavy atom. The van der Waals surface area contributed by atoms with Crippen LogP contribution in [0.15, 0.2) is 42.5 Å². The Morgan fingerprint density at radius 1 is 1.05 bits per heavy atom. The number of methoxy groups -OCH3 is 1. The Balaban J connectivity index is 1.32. The van der Waals surface area contributed by atoms with E-state index in [1.54, 1.807) is 39.2 Å². The number of amides is 1. The summed E-state index contributed by atoms with van der Waals surface area (Å²) in [5, 5.41) is 3.30. The summed E-state index contributed by atoms with van der Waals surface area (Å²) in [6, 6.07) is 12.5. The average molecular weight is 562 g/mol. The monoisotopic (exact) mass is 561 g/mol. The molecule has 1 amide bonds. The molecule has 1 aliphatic carbocycles. The van der Waals surface area contributed by atoms with Crippen LogP contribution in [0.4, 0.5) is 5.00 Å². The number of hydrogen-bond acceptors (Lipinski definition) is 8. The Hall–Kier alpha value is -4.18. The van der Waals surface area contributed by atoms with Gasteiger partial charge < -0.3 is 24.5 Å². The molecule has 5 rings (SSSR count). The summed E-state index contributed by atoms with van der Waals surface area (Å²) in [4.78, 5) is 48.0. The summed E-state index contributed by atoms with van der Waals surface area (Å²) in [5.41, 5.74) is 3.91. The van der Waals surface area contributed by atoms with E-state index in [0.717, 1.165) is 47.4 Å². The molecular weight excluding hydrogens is 530 g/mol. The third-order valence-corrected chi connectivity index (χ3v) is 8.09. The molecule has 2 N–H and O–H groups in total. The number of nitrogens with one attached hydrogen (secondary N) is 2. The first-order valence-electron chi connectivity index (χ1n) is 13.4. The highest BCUT2D eigenvalue weighted by Gasteiger charge is 2.30. The van der Waals surface area contributed by atoms with Crippen molar-refractivity contribution in [2.45, 2.75) is 52.1 Å². The number of H-pyrrole nitrogens is 1. The summed E-state index contributed by atoms with van der Waals surface area (Å²) in [7, 11) is 1.61. The first-order valence-corrected chi connectivity index (χ1v) is 14.2. The van der Waals surface area contributed by atoms with E-state index in [1.165, 1.54) is 11.3 Å². The third-order valence-electron chi connectivity index (χ3n) is 6.88. The average Bonchev–Trinajstić information content (AvgIpc) is 3.56. The van der Waals surface area contributed by atoms with E-state index in [-0.39, 0.29) is 13.0 Å². The van der Waals surface area contributed by atoms with Crippen molar-refractivity contribution in [3.05, 3.63) is 64.0 Å². The molecule has 1 atom stereocenters. The summed E-state index contributed by atoms with van der Waals surface area (Å²) < 4.78 is 16.1. The lowest BCUT2D eigenvalue weighted by Gasteiger charge is -2.16. The number of fused-ring (bicyclic) bond motifs is 2. The van der Waals surface area contributed by atoms with Gasteiger partial charge in [0, 0.05) is 10.4 Å². The molecule has 1 unspecified atom stereocenters. The highest BCUT2D eigenvalue weighted by atomic mass is 32.1. The normalized spacial score (nSPS) is 13.4. The van der Waals surface area contributed by atoms with E-state index < -0.39 is 23.9 Å². The van der Waals surface area contributed by atoms with E-state index in [4.69, 9.17) is 14.2 Å². The molecule has 2 heterocycles. The lowest BCUT2D eigenvalue weighted by Crippen LogP contribution is -2.32. The van der Waals surface area contributed by atoms with Gasteiger partial charge in [-0.1, -0.05) is 6.92 Å². The molecule has 1 aliphatic rings. The summed E-state index contributed by atoms with van der Waals surface area (Å²) in [6.07, 6.45) is 2.91. The topological polar surface area (TPSA) is 120 Å². The largest absolute Gasteiger partial charge is 0.497 e. The predicted molar refractivity (Wildman–Crippen MR) is 153 cm³/mol. The van der Waals surface area contributed by atoms with Crippen LogP contribution in [0, 0.1) is 0 Å². The SMILES string of the molecule is CCOC(=O)c1c(NC(=O)C(CC)OC(=O)c2ccc3nc(-c4ccc(OC)cc4)[nH]c3c2)sc2c1CCCC2. The van der Waals surface area contributed by atoms with Gasteiger partial charge in [-0.15, -0.1) is 11.3 Å². The maximum absolute atomic E-state index is 13.2. The fraction of sp³-hybridized carbons (Fsp3) is 0.333. The van der Waals surface area contributed by atoms with Crippen molar-refractivity contribution in [1.82, 2.24) is 9.97 Å². The van der Waals surface area contributed by atoms with E-state index in [9.17, 15) is 14.4 Å². The molecule has 4 aromatic rings. The molecule has 208 valence electrons. The van der Waals surface area contributed by atoms with Crippen LogP contribution < -0.4 is 10.1 Å². The number of imidazole rings is 1. The fourth-order valence-electron chi connectivity index (χ4n) is 4.81. The number of benzene rings is 2. The maximum Gasteiger partial charge on any atom is 0.341 e. The van der Waals surface area contributed by atoms with E-state index in [2.05, 4.69) is 15.3 Å². The van der Waals surface area contributed by atoms with Gasteiger partial charge in [0.05, 0.1) is 35.9 Å². The highest BCUT2D eigenvalue weighted by molar-refractivity contribution is 7.17. The molecule has 0 radical (unpaired) electrons. The standard InChI is InChI=1S/C30H31N3O6S/c1-4-23(27(34)33-28-25(30(36)38-5-2)20-8-6-7-9-24(20)40-28)39-29(35)18-12-15-21-22(16-18)32-26(31-21)17-10-13-19(37-3)14-11-17/h10-16,23H,4-9H2,1-3H3,(H,31,32)(H,33,34). The number of anilines is 1. The quantitative estimate of drug-likeness (QED) is 0.243. The number of thiophene rings is 1. The molecule has 10 heteroatoms. The van der Waals surface area contributed by atoms with Crippen molar-refractivity contribution in [1.29, 1.82) is 0 Å². The zero-order chi connectivity index (χ0) is 28.2. The van der Waals surface area contributed by atoms with Gasteiger partial charge >= 0.3 is 11.9 Å². The number of hydrogen-bond donors (Lipinski definition) is 2. The van der Waals surface area contributed by atoms with Crippen molar-refractivity contribution in [3.8, 4) is 17.1 Å². The number of nitrogens with zero attached hydrogens (tertiary/aromatic N) is 1. The Kier molecular flexibility index (Phi) is 8.16. The van der Waals surface area contributed by atoms with Gasteiger partial charge in [-0.3, -0.25) is 4.79 Å². The number of esters is 2. The summed E-state index contributed by atoms with van der Waals surface area (Å²) in [6.45, 7) is 3.76. The number of ether oxygens (including phenoxy) is 3. The maximum atomic E-state index is 13.2. The van der Waals surface area contributed by atoms with Crippen LogP contribution in [0.2, 0.25) is 0 Å². The molecule has 40 heavy (non-hydrogen) atoms. The molecule has 0 bridgehead atoms. The smallest absolute Gasteiger partial charge is 0.341 e. The van der Waals surface area contributed by atoms with Crippen molar-refractivity contribution in [2.75, 3.05) is 19.0 Å². The van der Waals surface area contributed by atoms with Crippen LogP contribution in [-0.2, 0) is 27.1 Å². The van der Waals surface area contributed by atoms with Gasteiger partial charge in [-0.2, -0.15) is 0 Å². The van der Waals surface area contributed by atoms with Gasteiger partial charge in [-0.05, 0) is 87.1 Å². The predicted octanol–water partition coefficient (Wildman–Crippen LogP) is 5.93. The molecular formula is C30H31N3O6S. The summed E-state index contributed by atoms with van der Waals surface area (Å²) >= 11 is 1.40. The first-order chi connectivity index (χ1) is 19.4. The highest BCUT2D eigenvalue weighted by Crippen LogP contribution is 2.39. The number of carbonyl (C=O) groups excluding carboxylic acids is 3. The van der Waals surface area contributed by atoms with Crippen LogP contribution >= 0.6 is 11.3 Å². The second-order valence-electron chi connectivity index (χ2n) is 9.47. The van der Waals surface area contributed by atoms with Gasteiger partial charge in [0.15, 0.2) is 6.10 Å². The van der Waals surface area contributed by atoms with Crippen molar-refractivity contribution in [3.63, 3.8) is 0 Å². The van der Waals surface area contributed by atoms with E-state index >= 15 is 0 Å². The number of aromatic nitrogens is 2.